The van der Waals surface area contributed by atoms with Gasteiger partial charge in [-0.2, -0.15) is 0 Å². The fourth-order valence-corrected chi connectivity index (χ4v) is 1.15. The van der Waals surface area contributed by atoms with Crippen molar-refractivity contribution in [3.63, 3.8) is 0 Å². The van der Waals surface area contributed by atoms with Crippen molar-refractivity contribution < 1.29 is 9.53 Å². The maximum atomic E-state index is 11.6. The van der Waals surface area contributed by atoms with E-state index in [1.54, 1.807) is 24.3 Å². The van der Waals surface area contributed by atoms with Crippen LogP contribution in [0.3, 0.4) is 0 Å². The summed E-state index contributed by atoms with van der Waals surface area (Å²) in [7, 11) is 0. The molecule has 1 aromatic carbocycles. The highest BCUT2D eigenvalue weighted by Gasteiger charge is 2.32. The molecule has 1 rings (SSSR count). The quantitative estimate of drug-likeness (QED) is 0.564. The van der Waals surface area contributed by atoms with Gasteiger partial charge >= 0.3 is 5.97 Å². The first-order valence-corrected chi connectivity index (χ1v) is 4.89. The normalized spacial score (nSPS) is 11.1. The molecule has 0 unspecified atom stereocenters. The molecular weight excluding hydrogens is 192 g/mol. The Morgan fingerprint density at radius 1 is 1.33 bits per heavy atom. The van der Waals surface area contributed by atoms with Crippen molar-refractivity contribution >= 4 is 5.97 Å². The van der Waals surface area contributed by atoms with Gasteiger partial charge in [-0.05, 0) is 12.0 Å². The van der Waals surface area contributed by atoms with Crippen LogP contribution in [0.5, 0.6) is 0 Å². The lowest BCUT2D eigenvalue weighted by atomic mass is 10.0. The Morgan fingerprint density at radius 3 is 2.47 bits per heavy atom. The van der Waals surface area contributed by atoms with E-state index in [2.05, 4.69) is 0 Å². The van der Waals surface area contributed by atoms with Crippen molar-refractivity contribution in [2.24, 2.45) is 11.5 Å². The van der Waals surface area contributed by atoms with Crippen LogP contribution in [0.4, 0.5) is 0 Å². The summed E-state index contributed by atoms with van der Waals surface area (Å²) in [5.74, 6) is -0.601. The minimum Gasteiger partial charge on any atom is -0.463 e. The molecule has 0 heterocycles. The largest absolute Gasteiger partial charge is 0.463 e. The summed E-state index contributed by atoms with van der Waals surface area (Å²) in [4.78, 5) is 11.6. The highest BCUT2D eigenvalue weighted by Crippen LogP contribution is 2.13. The molecule has 0 saturated carbocycles. The molecule has 0 aromatic heterocycles. The Bertz CT molecular complexity index is 323. The van der Waals surface area contributed by atoms with Gasteiger partial charge in [-0.3, -0.25) is 0 Å². The van der Waals surface area contributed by atoms with E-state index in [4.69, 9.17) is 16.2 Å². The summed E-state index contributed by atoms with van der Waals surface area (Å²) in [5.41, 5.74) is 10.4. The first kappa shape index (κ1) is 11.7. The van der Waals surface area contributed by atoms with Gasteiger partial charge in [-0.25, -0.2) is 4.79 Å². The molecule has 0 spiro atoms. The Kier molecular flexibility index (Phi) is 3.82. The van der Waals surface area contributed by atoms with E-state index in [0.717, 1.165) is 6.42 Å². The molecule has 4 N–H and O–H groups in total. The van der Waals surface area contributed by atoms with Gasteiger partial charge in [0, 0.05) is 0 Å². The van der Waals surface area contributed by atoms with Crippen molar-refractivity contribution in [1.29, 1.82) is 0 Å². The van der Waals surface area contributed by atoms with Gasteiger partial charge < -0.3 is 16.2 Å². The van der Waals surface area contributed by atoms with Crippen LogP contribution in [0, 0.1) is 0 Å². The topological polar surface area (TPSA) is 78.3 Å². The molecule has 82 valence electrons. The molecule has 1 aromatic rings. The minimum atomic E-state index is -1.56. The molecule has 0 atom stereocenters. The molecule has 15 heavy (non-hydrogen) atoms. The first-order chi connectivity index (χ1) is 7.09. The summed E-state index contributed by atoms with van der Waals surface area (Å²) in [5, 5.41) is 0. The van der Waals surface area contributed by atoms with Gasteiger partial charge in [0.05, 0.1) is 6.61 Å². The third-order valence-electron chi connectivity index (χ3n) is 2.03. The second-order valence-electron chi connectivity index (χ2n) is 3.37. The third kappa shape index (κ3) is 2.78. The molecule has 0 aliphatic carbocycles. The van der Waals surface area contributed by atoms with E-state index in [1.807, 2.05) is 13.0 Å². The summed E-state index contributed by atoms with van der Waals surface area (Å²) in [6, 6.07) is 8.78. The Morgan fingerprint density at radius 2 is 1.93 bits per heavy atom. The smallest absolute Gasteiger partial charge is 0.345 e. The number of carbonyl (C=O) groups is 1. The van der Waals surface area contributed by atoms with Crippen LogP contribution < -0.4 is 11.5 Å². The second-order valence-corrected chi connectivity index (χ2v) is 3.37. The number of benzene rings is 1. The SMILES string of the molecule is CCCOC(=O)C(N)(N)c1ccccc1. The van der Waals surface area contributed by atoms with Crippen LogP contribution >= 0.6 is 0 Å². The van der Waals surface area contributed by atoms with Gasteiger partial charge in [0.1, 0.15) is 0 Å². The van der Waals surface area contributed by atoms with Gasteiger partial charge in [0.2, 0.25) is 0 Å². The van der Waals surface area contributed by atoms with Crippen LogP contribution in [-0.2, 0) is 15.2 Å². The van der Waals surface area contributed by atoms with Crippen LogP contribution in [0.15, 0.2) is 30.3 Å². The first-order valence-electron chi connectivity index (χ1n) is 4.89. The van der Waals surface area contributed by atoms with Gasteiger partial charge in [-0.1, -0.05) is 37.3 Å². The lowest BCUT2D eigenvalue weighted by molar-refractivity contribution is -0.150. The van der Waals surface area contributed by atoms with Crippen LogP contribution in [0.25, 0.3) is 0 Å². The lowest BCUT2D eigenvalue weighted by Crippen LogP contribution is -2.54. The van der Waals surface area contributed by atoms with E-state index in [1.165, 1.54) is 0 Å². The second kappa shape index (κ2) is 4.91. The van der Waals surface area contributed by atoms with E-state index >= 15 is 0 Å². The molecule has 4 nitrogen and oxygen atoms in total. The van der Waals surface area contributed by atoms with Gasteiger partial charge in [0.15, 0.2) is 5.66 Å². The summed E-state index contributed by atoms with van der Waals surface area (Å²) in [6.07, 6.45) is 0.747. The highest BCUT2D eigenvalue weighted by atomic mass is 16.5. The van der Waals surface area contributed by atoms with Crippen LogP contribution in [-0.4, -0.2) is 12.6 Å². The van der Waals surface area contributed by atoms with Crippen LogP contribution in [0.2, 0.25) is 0 Å². The number of esters is 1. The van der Waals surface area contributed by atoms with E-state index in [-0.39, 0.29) is 0 Å². The maximum absolute atomic E-state index is 11.6. The summed E-state index contributed by atoms with van der Waals surface area (Å²) in [6.45, 7) is 2.24. The molecule has 0 saturated heterocycles. The number of carbonyl (C=O) groups excluding carboxylic acids is 1. The molecular formula is C11H16N2O2. The molecule has 0 bridgehead atoms. The number of nitrogens with two attached hydrogens (primary N) is 2. The monoisotopic (exact) mass is 208 g/mol. The molecule has 0 radical (unpaired) electrons. The zero-order valence-electron chi connectivity index (χ0n) is 8.77. The summed E-state index contributed by atoms with van der Waals surface area (Å²) >= 11 is 0. The predicted molar refractivity (Wildman–Crippen MR) is 57.7 cm³/mol. The van der Waals surface area contributed by atoms with Crippen molar-refractivity contribution in [1.82, 2.24) is 0 Å². The third-order valence-corrected chi connectivity index (χ3v) is 2.03. The molecule has 0 amide bonds. The molecule has 0 aliphatic rings. The van der Waals surface area contributed by atoms with E-state index < -0.39 is 11.6 Å². The van der Waals surface area contributed by atoms with Crippen LogP contribution in [0.1, 0.15) is 18.9 Å². The molecule has 0 fully saturated rings. The fourth-order valence-electron chi connectivity index (χ4n) is 1.15. The van der Waals surface area contributed by atoms with Crippen molar-refractivity contribution in [2.75, 3.05) is 6.61 Å². The minimum absolute atomic E-state index is 0.335. The van der Waals surface area contributed by atoms with Crippen molar-refractivity contribution in [3.05, 3.63) is 35.9 Å². The Balaban J connectivity index is 2.78. The Labute approximate surface area is 89.2 Å². The number of ether oxygens (including phenoxy) is 1. The zero-order chi connectivity index (χ0) is 11.3. The van der Waals surface area contributed by atoms with E-state index in [9.17, 15) is 4.79 Å². The number of rotatable bonds is 4. The number of hydrogen-bond acceptors (Lipinski definition) is 4. The zero-order valence-corrected chi connectivity index (χ0v) is 8.77. The highest BCUT2D eigenvalue weighted by molar-refractivity contribution is 5.81. The van der Waals surface area contributed by atoms with Crippen molar-refractivity contribution in [2.45, 2.75) is 19.0 Å². The fraction of sp³-hybridized carbons (Fsp3) is 0.364. The van der Waals surface area contributed by atoms with Crippen molar-refractivity contribution in [3.8, 4) is 0 Å². The van der Waals surface area contributed by atoms with Gasteiger partial charge in [0.25, 0.3) is 0 Å². The van der Waals surface area contributed by atoms with Gasteiger partial charge in [-0.15, -0.1) is 0 Å². The molecule has 0 aliphatic heterocycles. The Hall–Kier alpha value is -1.39. The lowest BCUT2D eigenvalue weighted by Gasteiger charge is -2.22. The average Bonchev–Trinajstić information content (AvgIpc) is 2.27. The maximum Gasteiger partial charge on any atom is 0.345 e. The number of hydrogen-bond donors (Lipinski definition) is 2. The van der Waals surface area contributed by atoms with E-state index in [0.29, 0.717) is 12.2 Å². The summed E-state index contributed by atoms with van der Waals surface area (Å²) < 4.78 is 4.92. The predicted octanol–water partition coefficient (Wildman–Crippen LogP) is 0.710. The molecule has 4 heteroatoms. The average molecular weight is 208 g/mol. The standard InChI is InChI=1S/C11H16N2O2/c1-2-8-15-10(14)11(12,13)9-6-4-3-5-7-9/h3-7H,2,8,12-13H2,1H3.